The van der Waals surface area contributed by atoms with Gasteiger partial charge in [-0.1, -0.05) is 36.3 Å². The summed E-state index contributed by atoms with van der Waals surface area (Å²) in [5.74, 6) is -0.504. The third kappa shape index (κ3) is 6.59. The Morgan fingerprint density at radius 2 is 1.88 bits per heavy atom. The van der Waals surface area contributed by atoms with Gasteiger partial charge in [0.1, 0.15) is 0 Å². The van der Waals surface area contributed by atoms with Crippen molar-refractivity contribution in [2.75, 3.05) is 17.3 Å². The number of hydrogen-bond acceptors (Lipinski definition) is 7. The van der Waals surface area contributed by atoms with Crippen LogP contribution >= 0.6 is 0 Å². The van der Waals surface area contributed by atoms with Crippen LogP contribution < -0.4 is 11.1 Å². The molecule has 0 spiro atoms. The molecule has 3 aromatic rings. The van der Waals surface area contributed by atoms with Gasteiger partial charge in [0.15, 0.2) is 11.6 Å². The predicted molar refractivity (Wildman–Crippen MR) is 117 cm³/mol. The summed E-state index contributed by atoms with van der Waals surface area (Å²) in [5, 5.41) is 6.76. The number of carbonyl (C=O) groups excluding carboxylic acids is 1. The number of anilines is 2. The number of hydrogen-bond donors (Lipinski definition) is 3. The number of carbonyl (C=O) groups is 1. The standard InChI is InChI=1S/C20H19FN4O2.CH4O3S/c1-20(6-7-20)16-10-18(27-25-16)24-17(26)8-12-2-4-13(5-3-12)14-9-15(21)19(22)23-11-14;1-5(2,3)4/h2-5,9-11H,6-8H2,1H3,(H2,22,23)(H,24,26);1H3,(H,2,3,4). The minimum Gasteiger partial charge on any atom is -0.381 e. The van der Waals surface area contributed by atoms with E-state index in [1.54, 1.807) is 6.07 Å². The van der Waals surface area contributed by atoms with Crippen molar-refractivity contribution in [2.24, 2.45) is 0 Å². The summed E-state index contributed by atoms with van der Waals surface area (Å²) in [7, 11) is -3.67. The molecular formula is C21H23FN4O5S. The molecule has 1 aliphatic carbocycles. The number of nitrogens with zero attached hydrogens (tertiary/aromatic N) is 2. The fourth-order valence-electron chi connectivity index (χ4n) is 2.85. The summed E-state index contributed by atoms with van der Waals surface area (Å²) >= 11 is 0. The molecule has 11 heteroatoms. The maximum absolute atomic E-state index is 13.5. The second-order valence-electron chi connectivity index (χ2n) is 7.88. The Bertz CT molecular complexity index is 1210. The van der Waals surface area contributed by atoms with E-state index >= 15 is 0 Å². The minimum atomic E-state index is -3.67. The molecule has 2 aromatic heterocycles. The molecule has 2 heterocycles. The summed E-state index contributed by atoms with van der Waals surface area (Å²) < 4.78 is 44.6. The first-order valence-electron chi connectivity index (χ1n) is 9.63. The summed E-state index contributed by atoms with van der Waals surface area (Å²) in [6, 6.07) is 10.4. The van der Waals surface area contributed by atoms with Gasteiger partial charge in [-0.2, -0.15) is 8.42 Å². The summed E-state index contributed by atoms with van der Waals surface area (Å²) in [6.45, 7) is 2.13. The van der Waals surface area contributed by atoms with Crippen LogP contribution in [-0.2, 0) is 26.7 Å². The van der Waals surface area contributed by atoms with Crippen molar-refractivity contribution in [3.05, 3.63) is 59.7 Å². The van der Waals surface area contributed by atoms with Crippen LogP contribution in [-0.4, -0.2) is 35.3 Å². The molecule has 1 aliphatic rings. The highest BCUT2D eigenvalue weighted by molar-refractivity contribution is 7.85. The lowest BCUT2D eigenvalue weighted by Gasteiger charge is -2.05. The van der Waals surface area contributed by atoms with Gasteiger partial charge in [0, 0.05) is 23.2 Å². The van der Waals surface area contributed by atoms with Crippen LogP contribution in [0.25, 0.3) is 11.1 Å². The predicted octanol–water partition coefficient (Wildman–Crippen LogP) is 3.19. The van der Waals surface area contributed by atoms with Gasteiger partial charge in [-0.05, 0) is 30.0 Å². The number of rotatable bonds is 5. The van der Waals surface area contributed by atoms with Crippen molar-refractivity contribution in [3.63, 3.8) is 0 Å². The summed E-state index contributed by atoms with van der Waals surface area (Å²) in [4.78, 5) is 16.0. The fraction of sp³-hybridized carbons (Fsp3) is 0.286. The van der Waals surface area contributed by atoms with Crippen LogP contribution in [0.1, 0.15) is 31.0 Å². The quantitative estimate of drug-likeness (QED) is 0.490. The number of halogens is 1. The molecule has 32 heavy (non-hydrogen) atoms. The lowest BCUT2D eigenvalue weighted by molar-refractivity contribution is -0.115. The molecule has 0 saturated heterocycles. The summed E-state index contributed by atoms with van der Waals surface area (Å²) in [5.41, 5.74) is 8.62. The van der Waals surface area contributed by atoms with Gasteiger partial charge >= 0.3 is 0 Å². The molecule has 0 unspecified atom stereocenters. The zero-order valence-corrected chi connectivity index (χ0v) is 18.3. The van der Waals surface area contributed by atoms with Crippen LogP contribution in [0, 0.1) is 5.82 Å². The van der Waals surface area contributed by atoms with Crippen molar-refractivity contribution in [3.8, 4) is 11.1 Å². The zero-order valence-electron chi connectivity index (χ0n) is 17.5. The van der Waals surface area contributed by atoms with E-state index in [1.807, 2.05) is 24.3 Å². The normalized spacial score (nSPS) is 14.2. The van der Waals surface area contributed by atoms with Gasteiger partial charge in [0.05, 0.1) is 18.4 Å². The first kappa shape index (κ1) is 23.4. The fourth-order valence-corrected chi connectivity index (χ4v) is 2.85. The van der Waals surface area contributed by atoms with Crippen molar-refractivity contribution in [1.82, 2.24) is 10.1 Å². The van der Waals surface area contributed by atoms with Gasteiger partial charge in [-0.25, -0.2) is 9.37 Å². The highest BCUT2D eigenvalue weighted by atomic mass is 32.2. The van der Waals surface area contributed by atoms with E-state index in [9.17, 15) is 17.6 Å². The number of aromatic nitrogens is 2. The Morgan fingerprint density at radius 1 is 1.25 bits per heavy atom. The number of nitrogens with two attached hydrogens (primary N) is 1. The minimum absolute atomic E-state index is 0.0960. The lowest BCUT2D eigenvalue weighted by atomic mass is 10.0. The van der Waals surface area contributed by atoms with E-state index in [1.165, 1.54) is 12.3 Å². The van der Waals surface area contributed by atoms with E-state index in [0.717, 1.165) is 29.7 Å². The molecule has 170 valence electrons. The van der Waals surface area contributed by atoms with Gasteiger partial charge in [0.25, 0.3) is 10.1 Å². The van der Waals surface area contributed by atoms with Crippen molar-refractivity contribution in [1.29, 1.82) is 0 Å². The number of nitrogens with one attached hydrogen (secondary N) is 1. The Balaban J connectivity index is 0.000000523. The van der Waals surface area contributed by atoms with Gasteiger partial charge in [-0.3, -0.25) is 14.7 Å². The number of amides is 1. The largest absolute Gasteiger partial charge is 0.381 e. The number of benzene rings is 1. The van der Waals surface area contributed by atoms with Gasteiger partial charge in [0.2, 0.25) is 11.8 Å². The van der Waals surface area contributed by atoms with Crippen molar-refractivity contribution < 1.29 is 26.7 Å². The Kier molecular flexibility index (Phi) is 6.60. The Morgan fingerprint density at radius 3 is 2.44 bits per heavy atom. The van der Waals surface area contributed by atoms with E-state index in [4.69, 9.17) is 14.8 Å². The molecule has 0 aliphatic heterocycles. The first-order chi connectivity index (χ1) is 14.9. The molecule has 9 nitrogen and oxygen atoms in total. The van der Waals surface area contributed by atoms with Crippen LogP contribution in [0.15, 0.2) is 47.1 Å². The molecular weight excluding hydrogens is 439 g/mol. The molecule has 1 aromatic carbocycles. The van der Waals surface area contributed by atoms with Crippen molar-refractivity contribution in [2.45, 2.75) is 31.6 Å². The second-order valence-corrected chi connectivity index (χ2v) is 9.35. The smallest absolute Gasteiger partial charge is 0.261 e. The third-order valence-electron chi connectivity index (χ3n) is 4.91. The maximum atomic E-state index is 13.5. The van der Waals surface area contributed by atoms with E-state index in [-0.39, 0.29) is 23.6 Å². The molecule has 0 atom stereocenters. The Labute approximate surface area is 184 Å². The van der Waals surface area contributed by atoms with Crippen LogP contribution in [0.5, 0.6) is 0 Å². The van der Waals surface area contributed by atoms with E-state index in [2.05, 4.69) is 22.4 Å². The molecule has 1 saturated carbocycles. The second kappa shape index (κ2) is 9.05. The van der Waals surface area contributed by atoms with Crippen molar-refractivity contribution >= 4 is 27.7 Å². The van der Waals surface area contributed by atoms with Crippen LogP contribution in [0.2, 0.25) is 0 Å². The van der Waals surface area contributed by atoms with Gasteiger partial charge < -0.3 is 10.3 Å². The molecule has 4 rings (SSSR count). The topological polar surface area (TPSA) is 148 Å². The zero-order chi connectivity index (χ0) is 23.5. The average Bonchev–Trinajstić information content (AvgIpc) is 3.27. The molecule has 4 N–H and O–H groups in total. The number of nitrogen functional groups attached to an aromatic ring is 1. The molecule has 0 bridgehead atoms. The Hall–Kier alpha value is -3.31. The first-order valence-corrected chi connectivity index (χ1v) is 11.5. The van der Waals surface area contributed by atoms with E-state index in [0.29, 0.717) is 17.7 Å². The maximum Gasteiger partial charge on any atom is 0.261 e. The third-order valence-corrected chi connectivity index (χ3v) is 4.91. The highest BCUT2D eigenvalue weighted by Crippen LogP contribution is 2.47. The van der Waals surface area contributed by atoms with Gasteiger partial charge in [-0.15, -0.1) is 0 Å². The monoisotopic (exact) mass is 462 g/mol. The lowest BCUT2D eigenvalue weighted by Crippen LogP contribution is -2.13. The van der Waals surface area contributed by atoms with Crippen LogP contribution in [0.4, 0.5) is 16.1 Å². The highest BCUT2D eigenvalue weighted by Gasteiger charge is 2.42. The summed E-state index contributed by atoms with van der Waals surface area (Å²) in [6.07, 6.45) is 4.61. The number of pyridine rings is 1. The molecule has 0 radical (unpaired) electrons. The average molecular weight is 463 g/mol. The van der Waals surface area contributed by atoms with Crippen LogP contribution in [0.3, 0.4) is 0 Å². The van der Waals surface area contributed by atoms with E-state index < -0.39 is 15.9 Å². The molecule has 1 amide bonds. The molecule has 1 fully saturated rings. The SMILES string of the molecule is CC1(c2cc(NC(=O)Cc3ccc(-c4cnc(N)c(F)c4)cc3)on2)CC1.CS(=O)(=O)O.